The van der Waals surface area contributed by atoms with Crippen molar-refractivity contribution >= 4 is 35.4 Å². The summed E-state index contributed by atoms with van der Waals surface area (Å²) in [6.45, 7) is 11.4. The van der Waals surface area contributed by atoms with Crippen LogP contribution in [0.15, 0.2) is 83.8 Å². The summed E-state index contributed by atoms with van der Waals surface area (Å²) in [5, 5.41) is 30.3. The second-order valence-corrected chi connectivity index (χ2v) is 14.3. The lowest BCUT2D eigenvalue weighted by molar-refractivity contribution is 0.0515. The van der Waals surface area contributed by atoms with E-state index in [4.69, 9.17) is 20.0 Å². The summed E-state index contributed by atoms with van der Waals surface area (Å²) < 4.78 is 10.2. The van der Waals surface area contributed by atoms with Crippen LogP contribution in [0.5, 0.6) is 0 Å². The summed E-state index contributed by atoms with van der Waals surface area (Å²) in [7, 11) is 0. The fourth-order valence-corrected chi connectivity index (χ4v) is 4.38. The van der Waals surface area contributed by atoms with Gasteiger partial charge in [-0.3, -0.25) is 37.1 Å². The Hall–Kier alpha value is -7.82. The minimum Gasteiger partial charge on any atom is -0.444 e. The first-order chi connectivity index (χ1) is 29.6. The molecule has 0 unspecified atom stereocenters. The lowest BCUT2D eigenvalue weighted by Crippen LogP contribution is -2.35. The zero-order valence-electron chi connectivity index (χ0n) is 35.2. The van der Waals surface area contributed by atoms with Crippen molar-refractivity contribution in [3.05, 3.63) is 108 Å². The van der Waals surface area contributed by atoms with E-state index in [-0.39, 0.29) is 29.5 Å². The van der Waals surface area contributed by atoms with E-state index >= 15 is 0 Å². The van der Waals surface area contributed by atoms with E-state index in [9.17, 15) is 19.2 Å². The number of hydrazone groups is 2. The van der Waals surface area contributed by atoms with Gasteiger partial charge in [-0.05, 0) is 90.8 Å². The van der Waals surface area contributed by atoms with E-state index in [1.807, 2.05) is 6.07 Å². The molecule has 22 nitrogen and oxygen atoms in total. The Morgan fingerprint density at radius 2 is 1.11 bits per heavy atom. The zero-order valence-corrected chi connectivity index (χ0v) is 35.2. The largest absolute Gasteiger partial charge is 0.444 e. The van der Waals surface area contributed by atoms with Gasteiger partial charge >= 0.3 is 12.2 Å². The van der Waals surface area contributed by atoms with E-state index in [1.54, 1.807) is 90.3 Å². The third kappa shape index (κ3) is 20.2. The Balaban J connectivity index is 0.000000366. The summed E-state index contributed by atoms with van der Waals surface area (Å²) in [5.74, 6) is 9.28. The number of amides is 2. The van der Waals surface area contributed by atoms with Gasteiger partial charge in [0.2, 0.25) is 11.7 Å². The van der Waals surface area contributed by atoms with Gasteiger partial charge in [0.25, 0.3) is 0 Å². The van der Waals surface area contributed by atoms with Crippen LogP contribution in [0.25, 0.3) is 0 Å². The summed E-state index contributed by atoms with van der Waals surface area (Å²) in [6.07, 6.45) is 9.76. The Morgan fingerprint density at radius 3 is 1.50 bits per heavy atom. The number of nitrogens with zero attached hydrogens (tertiary/aromatic N) is 10. The van der Waals surface area contributed by atoms with Crippen LogP contribution in [-0.2, 0) is 9.47 Å². The smallest absolute Gasteiger partial charge is 0.407 e. The van der Waals surface area contributed by atoms with E-state index in [1.165, 1.54) is 30.9 Å². The molecule has 62 heavy (non-hydrogen) atoms. The van der Waals surface area contributed by atoms with Crippen LogP contribution in [0, 0.1) is 22.7 Å². The number of hydrogen-bond donors (Lipinski definition) is 6. The number of pyridine rings is 2. The molecule has 0 aliphatic carbocycles. The highest BCUT2D eigenvalue weighted by molar-refractivity contribution is 6.04. The number of hydrogen-bond acceptors (Lipinski definition) is 20. The molecule has 8 N–H and O–H groups in total. The van der Waals surface area contributed by atoms with Gasteiger partial charge in [0, 0.05) is 74.2 Å². The number of ketones is 2. The van der Waals surface area contributed by atoms with Crippen LogP contribution in [0.4, 0.5) is 9.59 Å². The molecule has 0 saturated heterocycles. The fourth-order valence-electron chi connectivity index (χ4n) is 4.38. The topological polar surface area (TPSA) is 337 Å². The van der Waals surface area contributed by atoms with E-state index < -0.39 is 23.4 Å². The molecule has 0 aromatic carbocycles. The maximum atomic E-state index is 12.3. The number of Topliss-reactive ketones (excluding diaryl/α,β-unsaturated/α-hetero) is 2. The van der Waals surface area contributed by atoms with Crippen LogP contribution in [-0.4, -0.2) is 89.6 Å². The van der Waals surface area contributed by atoms with Crippen LogP contribution in [0.2, 0.25) is 0 Å². The number of amidine groups is 2. The van der Waals surface area contributed by atoms with Gasteiger partial charge in [0.15, 0.2) is 23.2 Å². The van der Waals surface area contributed by atoms with Gasteiger partial charge in [-0.15, -0.1) is 0 Å². The van der Waals surface area contributed by atoms with Crippen LogP contribution in [0.1, 0.15) is 111 Å². The number of carbonyl (C=O) groups excluding carboxylic acids is 4. The number of rotatable bonds is 12. The van der Waals surface area contributed by atoms with Crippen LogP contribution >= 0.6 is 0 Å². The van der Waals surface area contributed by atoms with Crippen molar-refractivity contribution in [1.29, 1.82) is 10.5 Å². The van der Waals surface area contributed by atoms with Crippen molar-refractivity contribution < 1.29 is 28.7 Å². The number of alkyl carbamates (subject to hydrolysis) is 2. The number of ether oxygens (including phenoxy) is 2. The standard InChI is InChI=1S/C20H24N8O3.C15H19N3O3.C5H3N3.H4N2/c1-20(2,3)31-19(30)23-9-4-6-15(29)13-7-8-14(24-12-13)16-25-27-18(28-26-16)17-21-10-5-11-22-17;1-15(2,3)21-14(20)17-8-4-5-13(19)11-6-7-12(9-16)18-10-11;6-4-5-7-2-1-3-8-5;1-2/h5,7-8,10-12H,4,6,9H2,1-3H3,(H,23,30)(H,25,26)(H,27,28);6-7,10H,4-5,8H2,1-3H3,(H,17,20);1-3H;1-2H2. The lowest BCUT2D eigenvalue weighted by Gasteiger charge is -2.19. The molecule has 4 aromatic rings. The number of nitrogens with one attached hydrogen (secondary N) is 4. The number of carbonyl (C=O) groups is 4. The van der Waals surface area contributed by atoms with Gasteiger partial charge in [0.05, 0.1) is 0 Å². The molecule has 0 radical (unpaired) electrons. The van der Waals surface area contributed by atoms with Crippen molar-refractivity contribution in [3.63, 3.8) is 0 Å². The van der Waals surface area contributed by atoms with Crippen LogP contribution in [0.3, 0.4) is 0 Å². The molecule has 4 aromatic heterocycles. The van der Waals surface area contributed by atoms with Gasteiger partial charge in [-0.25, -0.2) is 34.5 Å². The zero-order chi connectivity index (χ0) is 46.0. The third-order valence-electron chi connectivity index (χ3n) is 7.02. The molecule has 5 rings (SSSR count). The lowest BCUT2D eigenvalue weighted by atomic mass is 10.1. The van der Waals surface area contributed by atoms with Gasteiger partial charge in [-0.1, -0.05) is 0 Å². The molecule has 0 bridgehead atoms. The normalized spacial score (nSPS) is 11.3. The number of hydrazine groups is 1. The highest BCUT2D eigenvalue weighted by atomic mass is 16.6. The Labute approximate surface area is 358 Å². The van der Waals surface area contributed by atoms with Crippen molar-refractivity contribution in [2.75, 3.05) is 13.1 Å². The minimum atomic E-state index is -0.553. The molecule has 1 aliphatic rings. The number of nitriles is 2. The maximum Gasteiger partial charge on any atom is 0.407 e. The van der Waals surface area contributed by atoms with Gasteiger partial charge in [-0.2, -0.15) is 20.7 Å². The SMILES string of the molecule is CC(C)(C)OC(=O)NCCCC(=O)c1ccc(C#N)nc1.CC(C)(C)OC(=O)NCCCC(=O)c1ccc(C2=NNC(c3ncccn3)=NN2)nc1.N#Cc1ncccn1.NN. The summed E-state index contributed by atoms with van der Waals surface area (Å²) in [6, 6.07) is 13.5. The van der Waals surface area contributed by atoms with Crippen molar-refractivity contribution in [2.24, 2.45) is 21.9 Å². The first-order valence-corrected chi connectivity index (χ1v) is 18.8. The maximum absolute atomic E-state index is 12.3. The Kier molecular flexibility index (Phi) is 21.4. The summed E-state index contributed by atoms with van der Waals surface area (Å²) >= 11 is 0. The molecule has 0 spiro atoms. The predicted octanol–water partition coefficient (Wildman–Crippen LogP) is 3.18. The van der Waals surface area contributed by atoms with Gasteiger partial charge < -0.3 is 20.1 Å². The predicted molar refractivity (Wildman–Crippen MR) is 225 cm³/mol. The first kappa shape index (κ1) is 50.3. The number of aromatic nitrogens is 6. The van der Waals surface area contributed by atoms with E-state index in [2.05, 4.69) is 73.3 Å². The molecular formula is C40H50N16O6. The molecule has 0 fully saturated rings. The molecule has 1 aliphatic heterocycles. The summed E-state index contributed by atoms with van der Waals surface area (Å²) in [4.78, 5) is 70.7. The second kappa shape index (κ2) is 26.3. The van der Waals surface area contributed by atoms with E-state index in [0.29, 0.717) is 66.7 Å². The molecule has 0 saturated carbocycles. The average molecular weight is 851 g/mol. The average Bonchev–Trinajstić information content (AvgIpc) is 3.27. The fraction of sp³-hybridized carbons (Fsp3) is 0.350. The van der Waals surface area contributed by atoms with Gasteiger partial charge in [0.1, 0.15) is 34.7 Å². The highest BCUT2D eigenvalue weighted by Crippen LogP contribution is 2.10. The van der Waals surface area contributed by atoms with Crippen LogP contribution < -0.4 is 33.2 Å². The molecular weight excluding hydrogens is 801 g/mol. The highest BCUT2D eigenvalue weighted by Gasteiger charge is 2.18. The Morgan fingerprint density at radius 1 is 0.645 bits per heavy atom. The minimum absolute atomic E-state index is 0.0664. The quantitative estimate of drug-likeness (QED) is 0.0516. The monoisotopic (exact) mass is 850 g/mol. The molecule has 22 heteroatoms. The van der Waals surface area contributed by atoms with Crippen molar-refractivity contribution in [1.82, 2.24) is 51.4 Å². The van der Waals surface area contributed by atoms with E-state index in [0.717, 1.165) is 0 Å². The van der Waals surface area contributed by atoms with Crippen molar-refractivity contribution in [3.8, 4) is 12.1 Å². The molecule has 0 atom stereocenters. The molecule has 2 amide bonds. The first-order valence-electron chi connectivity index (χ1n) is 18.8. The second-order valence-electron chi connectivity index (χ2n) is 14.3. The Bertz CT molecular complexity index is 2180. The molecule has 326 valence electrons. The number of nitrogens with two attached hydrogens (primary N) is 2. The summed E-state index contributed by atoms with van der Waals surface area (Å²) in [5.41, 5.74) is 6.23. The third-order valence-corrected chi connectivity index (χ3v) is 7.02. The molecule has 5 heterocycles. The van der Waals surface area contributed by atoms with Crippen molar-refractivity contribution in [2.45, 2.75) is 78.4 Å².